The van der Waals surface area contributed by atoms with Gasteiger partial charge in [-0.1, -0.05) is 18.6 Å². The predicted octanol–water partition coefficient (Wildman–Crippen LogP) is 2.16. The Morgan fingerprint density at radius 2 is 1.21 bits per heavy atom. The van der Waals surface area contributed by atoms with Crippen LogP contribution in [0.3, 0.4) is 0 Å². The van der Waals surface area contributed by atoms with E-state index < -0.39 is 63.8 Å². The topological polar surface area (TPSA) is 291 Å². The molecule has 1 aromatic rings. The zero-order valence-electron chi connectivity index (χ0n) is 28.5. The van der Waals surface area contributed by atoms with Gasteiger partial charge in [0.05, 0.1) is 26.4 Å². The van der Waals surface area contributed by atoms with Crippen LogP contribution in [0.4, 0.5) is 0 Å². The Labute approximate surface area is 296 Å². The lowest BCUT2D eigenvalue weighted by Crippen LogP contribution is -2.43. The van der Waals surface area contributed by atoms with Gasteiger partial charge in [0, 0.05) is 19.3 Å². The van der Waals surface area contributed by atoms with E-state index in [-0.39, 0.29) is 51.4 Å². The lowest BCUT2D eigenvalue weighted by molar-refractivity contribution is -0.764. The lowest BCUT2D eigenvalue weighted by atomic mass is 10.1. The first kappa shape index (κ1) is 44.2. The Balaban J connectivity index is 2.61. The van der Waals surface area contributed by atoms with Gasteiger partial charge >= 0.3 is 23.9 Å². The summed E-state index contributed by atoms with van der Waals surface area (Å²) in [5, 5.41) is 30.3. The smallest absolute Gasteiger partial charge is 0.349 e. The minimum Gasteiger partial charge on any atom is -0.466 e. The molecule has 1 rings (SSSR count). The fourth-order valence-electron chi connectivity index (χ4n) is 4.10. The van der Waals surface area contributed by atoms with Crippen LogP contribution in [0, 0.1) is 30.3 Å². The molecule has 2 unspecified atom stereocenters. The minimum atomic E-state index is -1.55. The molecule has 0 spiro atoms. The van der Waals surface area contributed by atoms with Crippen LogP contribution >= 0.6 is 0 Å². The predicted molar refractivity (Wildman–Crippen MR) is 170 cm³/mol. The monoisotopic (exact) mass is 746 g/mol. The van der Waals surface area contributed by atoms with Crippen molar-refractivity contribution in [2.75, 3.05) is 33.0 Å². The standard InChI is InChI=1S/C30H42N4O18/c1-22(52-34(44)45)29(38)48-21-28(37)51-24-14-12-23(13-15-24)20-25(31-26(35)10-4-2-7-18-49-32(40)41)30(39)47-17-6-3-5-11-27(36)46-16-8-9-19-50-33(42)43/h12-15,22,25H,2-11,16-21H2,1H3,(H,31,35). The van der Waals surface area contributed by atoms with Crippen molar-refractivity contribution in [1.29, 1.82) is 0 Å². The van der Waals surface area contributed by atoms with Gasteiger partial charge in [-0.15, -0.1) is 30.3 Å². The Hall–Kier alpha value is -5.83. The Kier molecular flexibility index (Phi) is 22.1. The van der Waals surface area contributed by atoms with Crippen molar-refractivity contribution in [1.82, 2.24) is 5.32 Å². The average Bonchev–Trinajstić information content (AvgIpc) is 3.08. The van der Waals surface area contributed by atoms with Crippen LogP contribution in [0.15, 0.2) is 24.3 Å². The van der Waals surface area contributed by atoms with Crippen LogP contribution < -0.4 is 10.1 Å². The van der Waals surface area contributed by atoms with Crippen LogP contribution in [0.25, 0.3) is 0 Å². The molecule has 22 heteroatoms. The average molecular weight is 747 g/mol. The van der Waals surface area contributed by atoms with Gasteiger partial charge in [-0.2, -0.15) is 0 Å². The molecule has 290 valence electrons. The van der Waals surface area contributed by atoms with Gasteiger partial charge in [0.15, 0.2) is 6.61 Å². The highest BCUT2D eigenvalue weighted by Crippen LogP contribution is 2.15. The van der Waals surface area contributed by atoms with Crippen LogP contribution in [-0.2, 0) is 59.1 Å². The molecule has 0 aliphatic carbocycles. The van der Waals surface area contributed by atoms with Crippen LogP contribution in [-0.4, -0.2) is 90.2 Å². The number of unbranched alkanes of at least 4 members (excludes halogenated alkanes) is 5. The molecular weight excluding hydrogens is 704 g/mol. The molecule has 0 radical (unpaired) electrons. The molecule has 0 fully saturated rings. The quantitative estimate of drug-likeness (QED) is 0.0307. The second kappa shape index (κ2) is 26.0. The van der Waals surface area contributed by atoms with Gasteiger partial charge in [-0.3, -0.25) is 14.4 Å². The molecule has 52 heavy (non-hydrogen) atoms. The van der Waals surface area contributed by atoms with Crippen molar-refractivity contribution in [3.05, 3.63) is 60.2 Å². The molecule has 0 saturated carbocycles. The first-order valence-electron chi connectivity index (χ1n) is 16.2. The van der Waals surface area contributed by atoms with E-state index in [2.05, 4.69) is 24.6 Å². The molecule has 0 heterocycles. The number of nitrogens with zero attached hydrogens (tertiary/aromatic N) is 3. The lowest BCUT2D eigenvalue weighted by Gasteiger charge is -2.18. The molecule has 0 bridgehead atoms. The molecule has 1 aromatic carbocycles. The van der Waals surface area contributed by atoms with Gasteiger partial charge in [0.25, 0.3) is 15.3 Å². The first-order chi connectivity index (χ1) is 24.8. The van der Waals surface area contributed by atoms with E-state index in [0.29, 0.717) is 56.9 Å². The fraction of sp³-hybridized carbons (Fsp3) is 0.633. The van der Waals surface area contributed by atoms with Gasteiger partial charge < -0.3 is 33.9 Å². The molecule has 0 aliphatic rings. The second-order valence-electron chi connectivity index (χ2n) is 10.9. The SMILES string of the molecule is CC(O[N+](=O)[O-])C(=O)OCC(=O)Oc1ccc(CC(NC(=O)CCCCCO[N+](=O)[O-])C(=O)OCCCCCC(=O)OCCCCO[N+](=O)[O-])cc1. The number of rotatable bonds is 29. The third kappa shape index (κ3) is 22.7. The zero-order chi connectivity index (χ0) is 38.7. The Morgan fingerprint density at radius 1 is 0.654 bits per heavy atom. The summed E-state index contributed by atoms with van der Waals surface area (Å²) in [6, 6.07) is 4.71. The molecule has 1 N–H and O–H groups in total. The van der Waals surface area contributed by atoms with Gasteiger partial charge in [0.2, 0.25) is 12.0 Å². The van der Waals surface area contributed by atoms with E-state index in [9.17, 15) is 54.3 Å². The molecule has 2 atom stereocenters. The van der Waals surface area contributed by atoms with E-state index in [4.69, 9.17) is 14.2 Å². The molecular formula is C30H42N4O18. The summed E-state index contributed by atoms with van der Waals surface area (Å²) in [6.45, 7) is 0.140. The number of carbonyl (C=O) groups excluding carboxylic acids is 5. The summed E-state index contributed by atoms with van der Waals surface area (Å²) in [4.78, 5) is 104. The summed E-state index contributed by atoms with van der Waals surface area (Å²) in [7, 11) is 0. The van der Waals surface area contributed by atoms with Crippen molar-refractivity contribution in [3.63, 3.8) is 0 Å². The third-order valence-electron chi connectivity index (χ3n) is 6.64. The molecule has 0 saturated heterocycles. The summed E-state index contributed by atoms with van der Waals surface area (Å²) >= 11 is 0. The maximum atomic E-state index is 13.0. The van der Waals surface area contributed by atoms with Crippen molar-refractivity contribution < 1.29 is 72.7 Å². The first-order valence-corrected chi connectivity index (χ1v) is 16.2. The van der Waals surface area contributed by atoms with E-state index in [1.165, 1.54) is 24.3 Å². The Bertz CT molecular complexity index is 1330. The minimum absolute atomic E-state index is 0.00352. The summed E-state index contributed by atoms with van der Waals surface area (Å²) in [5.74, 6) is -3.70. The fourth-order valence-corrected chi connectivity index (χ4v) is 4.10. The largest absolute Gasteiger partial charge is 0.466 e. The molecule has 22 nitrogen and oxygen atoms in total. The van der Waals surface area contributed by atoms with E-state index >= 15 is 0 Å². The van der Waals surface area contributed by atoms with Crippen molar-refractivity contribution in [2.45, 2.75) is 89.7 Å². The molecule has 1 amide bonds. The zero-order valence-corrected chi connectivity index (χ0v) is 28.5. The van der Waals surface area contributed by atoms with Crippen molar-refractivity contribution >= 4 is 29.8 Å². The number of nitrogens with one attached hydrogen (secondary N) is 1. The van der Waals surface area contributed by atoms with Crippen LogP contribution in [0.2, 0.25) is 0 Å². The summed E-state index contributed by atoms with van der Waals surface area (Å²) in [6.07, 6.45) is 1.98. The number of hydrogen-bond donors (Lipinski definition) is 1. The van der Waals surface area contributed by atoms with Crippen LogP contribution in [0.5, 0.6) is 5.75 Å². The van der Waals surface area contributed by atoms with E-state index in [1.54, 1.807) is 0 Å². The third-order valence-corrected chi connectivity index (χ3v) is 6.64. The highest BCUT2D eigenvalue weighted by molar-refractivity contribution is 5.84. The summed E-state index contributed by atoms with van der Waals surface area (Å²) < 4.78 is 20.1. The van der Waals surface area contributed by atoms with Crippen molar-refractivity contribution in [3.8, 4) is 5.75 Å². The molecule has 0 aliphatic heterocycles. The van der Waals surface area contributed by atoms with Gasteiger partial charge in [-0.25, -0.2) is 14.4 Å². The summed E-state index contributed by atoms with van der Waals surface area (Å²) in [5.41, 5.74) is 0.542. The molecule has 0 aromatic heterocycles. The van der Waals surface area contributed by atoms with Gasteiger partial charge in [0.1, 0.15) is 11.8 Å². The van der Waals surface area contributed by atoms with E-state index in [0.717, 1.165) is 6.92 Å². The maximum absolute atomic E-state index is 13.0. The number of ether oxygens (including phenoxy) is 4. The normalized spacial score (nSPS) is 11.6. The van der Waals surface area contributed by atoms with Crippen LogP contribution in [0.1, 0.15) is 76.7 Å². The number of esters is 4. The number of benzene rings is 1. The highest BCUT2D eigenvalue weighted by atomic mass is 17.0. The van der Waals surface area contributed by atoms with Gasteiger partial charge in [-0.05, 0) is 69.6 Å². The van der Waals surface area contributed by atoms with E-state index in [1.807, 2.05) is 0 Å². The Morgan fingerprint density at radius 3 is 1.83 bits per heavy atom. The van der Waals surface area contributed by atoms with Crippen molar-refractivity contribution in [2.24, 2.45) is 0 Å². The highest BCUT2D eigenvalue weighted by Gasteiger charge is 2.23. The number of hydrogen-bond acceptors (Lipinski definition) is 18. The number of amides is 1. The second-order valence-corrected chi connectivity index (χ2v) is 10.9. The maximum Gasteiger partial charge on any atom is 0.349 e. The number of carbonyl (C=O) groups is 5.